The number of hydrogen-bond acceptors (Lipinski definition) is 5. The Balaban J connectivity index is 1.56. The number of benzene rings is 1. The van der Waals surface area contributed by atoms with Crippen LogP contribution in [0.1, 0.15) is 36.0 Å². The highest BCUT2D eigenvalue weighted by Gasteiger charge is 2.27. The van der Waals surface area contributed by atoms with Gasteiger partial charge in [0.1, 0.15) is 5.82 Å². The van der Waals surface area contributed by atoms with Gasteiger partial charge in [0.05, 0.1) is 11.4 Å². The molecule has 0 unspecified atom stereocenters. The average Bonchev–Trinajstić information content (AvgIpc) is 3.35. The smallest absolute Gasteiger partial charge is 0.255 e. The van der Waals surface area contributed by atoms with Crippen LogP contribution in [-0.4, -0.2) is 25.1 Å². The Morgan fingerprint density at radius 3 is 2.75 bits per heavy atom. The Kier molecular flexibility index (Phi) is 3.93. The van der Waals surface area contributed by atoms with Crippen molar-refractivity contribution in [1.29, 1.82) is 0 Å². The van der Waals surface area contributed by atoms with E-state index in [2.05, 4.69) is 25.1 Å². The maximum atomic E-state index is 12.2. The molecule has 1 aromatic carbocycles. The predicted octanol–water partition coefficient (Wildman–Crippen LogP) is 3.03. The van der Waals surface area contributed by atoms with Crippen LogP contribution in [0.2, 0.25) is 0 Å². The summed E-state index contributed by atoms with van der Waals surface area (Å²) < 4.78 is 0. The van der Waals surface area contributed by atoms with Crippen molar-refractivity contribution in [3.63, 3.8) is 0 Å². The fourth-order valence-corrected chi connectivity index (χ4v) is 3.22. The zero-order valence-corrected chi connectivity index (χ0v) is 14.1. The van der Waals surface area contributed by atoms with Crippen molar-refractivity contribution in [2.45, 2.75) is 36.6 Å². The van der Waals surface area contributed by atoms with Crippen LogP contribution >= 0.6 is 11.8 Å². The molecule has 122 valence electrons. The monoisotopic (exact) mass is 339 g/mol. The molecule has 7 heteroatoms. The van der Waals surface area contributed by atoms with Gasteiger partial charge in [-0.2, -0.15) is 5.10 Å². The molecule has 1 fully saturated rings. The van der Waals surface area contributed by atoms with Crippen LogP contribution in [0.4, 0.5) is 0 Å². The van der Waals surface area contributed by atoms with Gasteiger partial charge in [0.25, 0.3) is 5.56 Å². The van der Waals surface area contributed by atoms with Gasteiger partial charge >= 0.3 is 0 Å². The molecule has 1 saturated carbocycles. The lowest BCUT2D eigenvalue weighted by Gasteiger charge is -2.07. The average molecular weight is 339 g/mol. The largest absolute Gasteiger partial charge is 0.301 e. The zero-order valence-electron chi connectivity index (χ0n) is 13.2. The molecule has 1 aliphatic rings. The summed E-state index contributed by atoms with van der Waals surface area (Å²) in [6, 6.07) is 9.75. The van der Waals surface area contributed by atoms with Crippen molar-refractivity contribution in [3.8, 4) is 11.3 Å². The highest BCUT2D eigenvalue weighted by molar-refractivity contribution is 7.98. The van der Waals surface area contributed by atoms with E-state index in [0.717, 1.165) is 22.9 Å². The topological polar surface area (TPSA) is 87.3 Å². The molecule has 24 heavy (non-hydrogen) atoms. The van der Waals surface area contributed by atoms with Crippen molar-refractivity contribution >= 4 is 11.8 Å². The fourth-order valence-electron chi connectivity index (χ4n) is 2.49. The van der Waals surface area contributed by atoms with Gasteiger partial charge in [-0.1, -0.05) is 42.1 Å². The zero-order chi connectivity index (χ0) is 16.5. The summed E-state index contributed by atoms with van der Waals surface area (Å²) in [5, 5.41) is 7.80. The summed E-state index contributed by atoms with van der Waals surface area (Å²) >= 11 is 1.45. The van der Waals surface area contributed by atoms with Crippen LogP contribution in [0, 0.1) is 6.92 Å². The van der Waals surface area contributed by atoms with Crippen LogP contribution in [-0.2, 0) is 5.75 Å². The van der Waals surface area contributed by atoms with E-state index in [1.807, 2.05) is 30.3 Å². The van der Waals surface area contributed by atoms with E-state index in [1.165, 1.54) is 24.6 Å². The Morgan fingerprint density at radius 2 is 2.00 bits per heavy atom. The maximum Gasteiger partial charge on any atom is 0.255 e. The molecule has 0 aliphatic heterocycles. The van der Waals surface area contributed by atoms with Gasteiger partial charge in [-0.15, -0.1) is 0 Å². The first-order valence-electron chi connectivity index (χ1n) is 7.91. The van der Waals surface area contributed by atoms with Crippen molar-refractivity contribution in [2.75, 3.05) is 0 Å². The number of nitrogens with zero attached hydrogens (tertiary/aromatic N) is 3. The summed E-state index contributed by atoms with van der Waals surface area (Å²) in [6.45, 7) is 1.79. The van der Waals surface area contributed by atoms with Gasteiger partial charge in [-0.05, 0) is 19.8 Å². The SMILES string of the molecule is Cc1c(-c2ccccc2)nc(SCc2nc(C3CC3)n[nH]2)[nH]c1=O. The first-order valence-corrected chi connectivity index (χ1v) is 8.89. The summed E-state index contributed by atoms with van der Waals surface area (Å²) in [4.78, 5) is 24.2. The quantitative estimate of drug-likeness (QED) is 0.551. The van der Waals surface area contributed by atoms with E-state index >= 15 is 0 Å². The third kappa shape index (κ3) is 3.12. The Bertz CT molecular complexity index is 914. The van der Waals surface area contributed by atoms with Crippen LogP contribution in [0.3, 0.4) is 0 Å². The lowest BCUT2D eigenvalue weighted by Crippen LogP contribution is -2.14. The molecule has 0 amide bonds. The fraction of sp³-hybridized carbons (Fsp3) is 0.294. The third-order valence-electron chi connectivity index (χ3n) is 4.01. The third-order valence-corrected chi connectivity index (χ3v) is 4.90. The van der Waals surface area contributed by atoms with E-state index in [1.54, 1.807) is 6.92 Å². The van der Waals surface area contributed by atoms with Gasteiger partial charge in [-0.25, -0.2) is 9.97 Å². The van der Waals surface area contributed by atoms with Crippen molar-refractivity contribution in [2.24, 2.45) is 0 Å². The second kappa shape index (κ2) is 6.24. The Hall–Kier alpha value is -2.41. The van der Waals surface area contributed by atoms with Gasteiger partial charge in [0, 0.05) is 17.0 Å². The summed E-state index contributed by atoms with van der Waals surface area (Å²) in [6.07, 6.45) is 2.36. The van der Waals surface area contributed by atoms with Crippen LogP contribution in [0.15, 0.2) is 40.3 Å². The molecule has 0 radical (unpaired) electrons. The number of aromatic nitrogens is 5. The van der Waals surface area contributed by atoms with E-state index < -0.39 is 0 Å². The van der Waals surface area contributed by atoms with E-state index in [9.17, 15) is 4.79 Å². The molecule has 0 atom stereocenters. The van der Waals surface area contributed by atoms with E-state index in [0.29, 0.717) is 22.4 Å². The minimum Gasteiger partial charge on any atom is -0.301 e. The molecule has 0 saturated heterocycles. The summed E-state index contributed by atoms with van der Waals surface area (Å²) in [5.74, 6) is 2.84. The van der Waals surface area contributed by atoms with E-state index in [-0.39, 0.29) is 5.56 Å². The molecule has 2 N–H and O–H groups in total. The second-order valence-electron chi connectivity index (χ2n) is 5.91. The van der Waals surface area contributed by atoms with Crippen LogP contribution in [0.25, 0.3) is 11.3 Å². The number of nitrogens with one attached hydrogen (secondary N) is 2. The summed E-state index contributed by atoms with van der Waals surface area (Å²) in [5.41, 5.74) is 2.18. The molecule has 4 rings (SSSR count). The molecule has 6 nitrogen and oxygen atoms in total. The highest BCUT2D eigenvalue weighted by Crippen LogP contribution is 2.38. The number of H-pyrrole nitrogens is 2. The normalized spacial score (nSPS) is 14.0. The maximum absolute atomic E-state index is 12.2. The first kappa shape index (κ1) is 15.1. The summed E-state index contributed by atoms with van der Waals surface area (Å²) in [7, 11) is 0. The molecule has 1 aliphatic carbocycles. The van der Waals surface area contributed by atoms with Crippen molar-refractivity contribution in [1.82, 2.24) is 25.1 Å². The molecule has 0 spiro atoms. The Morgan fingerprint density at radius 1 is 1.21 bits per heavy atom. The second-order valence-corrected chi connectivity index (χ2v) is 6.88. The minimum absolute atomic E-state index is 0.109. The minimum atomic E-state index is -0.109. The van der Waals surface area contributed by atoms with Gasteiger partial charge in [0.15, 0.2) is 11.0 Å². The van der Waals surface area contributed by atoms with Crippen LogP contribution in [0.5, 0.6) is 0 Å². The molecular formula is C17H17N5OS. The van der Waals surface area contributed by atoms with Gasteiger partial charge in [0.2, 0.25) is 0 Å². The lowest BCUT2D eigenvalue weighted by molar-refractivity contribution is 0.919. The molecule has 2 aromatic heterocycles. The number of hydrogen-bond donors (Lipinski definition) is 2. The predicted molar refractivity (Wildman–Crippen MR) is 92.9 cm³/mol. The Labute approximate surface area is 143 Å². The van der Waals surface area contributed by atoms with Crippen LogP contribution < -0.4 is 5.56 Å². The molecule has 3 aromatic rings. The lowest BCUT2D eigenvalue weighted by atomic mass is 10.1. The number of aromatic amines is 2. The van der Waals surface area contributed by atoms with E-state index in [4.69, 9.17) is 0 Å². The molecule has 0 bridgehead atoms. The van der Waals surface area contributed by atoms with Gasteiger partial charge < -0.3 is 4.98 Å². The highest BCUT2D eigenvalue weighted by atomic mass is 32.2. The molecule has 2 heterocycles. The van der Waals surface area contributed by atoms with Crippen molar-refractivity contribution in [3.05, 3.63) is 57.9 Å². The number of thioether (sulfide) groups is 1. The number of rotatable bonds is 5. The molecular weight excluding hydrogens is 322 g/mol. The first-order chi connectivity index (χ1) is 11.7. The van der Waals surface area contributed by atoms with Gasteiger partial charge in [-0.3, -0.25) is 9.89 Å². The standard InChI is InChI=1S/C17H17N5OS/c1-10-14(11-5-3-2-4-6-11)19-17(20-16(10)23)24-9-13-18-15(22-21-13)12-7-8-12/h2-6,12H,7-9H2,1H3,(H,18,21,22)(H,19,20,23). The van der Waals surface area contributed by atoms with Crippen molar-refractivity contribution < 1.29 is 0 Å².